The number of hydrogen-bond acceptors (Lipinski definition) is 3. The molecule has 0 amide bonds. The molecular formula is C11H16N2O2. The Labute approximate surface area is 89.3 Å². The van der Waals surface area contributed by atoms with Gasteiger partial charge in [0.05, 0.1) is 0 Å². The van der Waals surface area contributed by atoms with Gasteiger partial charge < -0.3 is 9.30 Å². The van der Waals surface area contributed by atoms with Gasteiger partial charge in [0.2, 0.25) is 0 Å². The predicted molar refractivity (Wildman–Crippen MR) is 55.7 cm³/mol. The molecule has 2 heterocycles. The Balaban J connectivity index is 2.13. The van der Waals surface area contributed by atoms with Crippen LogP contribution in [0, 0.1) is 0 Å². The smallest absolute Gasteiger partial charge is 0.359 e. The highest BCUT2D eigenvalue weighted by atomic mass is 16.6. The van der Waals surface area contributed by atoms with Gasteiger partial charge in [-0.25, -0.2) is 9.78 Å². The summed E-state index contributed by atoms with van der Waals surface area (Å²) < 4.78 is 7.27. The SMILES string of the molecule is CC(C)(C)OC(=O)c1cn2c(n1)CCC2. The van der Waals surface area contributed by atoms with Crippen LogP contribution in [0.3, 0.4) is 0 Å². The molecule has 15 heavy (non-hydrogen) atoms. The second-order valence-electron chi connectivity index (χ2n) is 4.84. The van der Waals surface area contributed by atoms with E-state index in [-0.39, 0.29) is 5.97 Å². The molecule has 82 valence electrons. The molecule has 4 nitrogen and oxygen atoms in total. The van der Waals surface area contributed by atoms with Crippen molar-refractivity contribution in [2.24, 2.45) is 0 Å². The number of esters is 1. The van der Waals surface area contributed by atoms with Gasteiger partial charge in [-0.2, -0.15) is 0 Å². The lowest BCUT2D eigenvalue weighted by molar-refractivity contribution is 0.00631. The average Bonchev–Trinajstić information content (AvgIpc) is 2.56. The highest BCUT2D eigenvalue weighted by Gasteiger charge is 2.22. The third-order valence-corrected chi connectivity index (χ3v) is 2.27. The van der Waals surface area contributed by atoms with E-state index in [0.717, 1.165) is 25.2 Å². The normalized spacial score (nSPS) is 15.1. The Morgan fingerprint density at radius 1 is 1.53 bits per heavy atom. The molecule has 4 heteroatoms. The van der Waals surface area contributed by atoms with Crippen LogP contribution in [0.1, 0.15) is 43.5 Å². The number of ether oxygens (including phenoxy) is 1. The second-order valence-corrected chi connectivity index (χ2v) is 4.84. The number of carbonyl (C=O) groups is 1. The molecule has 0 atom stereocenters. The summed E-state index contributed by atoms with van der Waals surface area (Å²) in [7, 11) is 0. The van der Waals surface area contributed by atoms with Crippen molar-refractivity contribution in [3.63, 3.8) is 0 Å². The number of aryl methyl sites for hydroxylation is 2. The summed E-state index contributed by atoms with van der Waals surface area (Å²) >= 11 is 0. The molecule has 1 aromatic rings. The molecule has 0 N–H and O–H groups in total. The van der Waals surface area contributed by atoms with Crippen LogP contribution in [0.5, 0.6) is 0 Å². The van der Waals surface area contributed by atoms with Crippen LogP contribution >= 0.6 is 0 Å². The fourth-order valence-electron chi connectivity index (χ4n) is 1.68. The number of rotatable bonds is 1. The molecular weight excluding hydrogens is 192 g/mol. The standard InChI is InChI=1S/C11H16N2O2/c1-11(2,3)15-10(14)8-7-13-6-4-5-9(13)12-8/h7H,4-6H2,1-3H3. The van der Waals surface area contributed by atoms with E-state index in [0.29, 0.717) is 5.69 Å². The van der Waals surface area contributed by atoms with Gasteiger partial charge in [-0.05, 0) is 27.2 Å². The lowest BCUT2D eigenvalue weighted by Crippen LogP contribution is -2.24. The first kappa shape index (κ1) is 10.2. The molecule has 1 aliphatic rings. The Kier molecular flexibility index (Phi) is 2.29. The molecule has 0 unspecified atom stereocenters. The molecule has 0 fully saturated rings. The van der Waals surface area contributed by atoms with E-state index in [4.69, 9.17) is 4.74 Å². The Morgan fingerprint density at radius 3 is 2.87 bits per heavy atom. The van der Waals surface area contributed by atoms with E-state index in [2.05, 4.69) is 4.98 Å². The summed E-state index contributed by atoms with van der Waals surface area (Å²) in [5, 5.41) is 0. The zero-order valence-electron chi connectivity index (χ0n) is 9.41. The zero-order chi connectivity index (χ0) is 11.1. The number of fused-ring (bicyclic) bond motifs is 1. The van der Waals surface area contributed by atoms with Crippen molar-refractivity contribution in [2.75, 3.05) is 0 Å². The van der Waals surface area contributed by atoms with Crippen LogP contribution in [0.4, 0.5) is 0 Å². The second kappa shape index (κ2) is 3.36. The molecule has 0 saturated heterocycles. The number of hydrogen-bond donors (Lipinski definition) is 0. The quantitative estimate of drug-likeness (QED) is 0.661. The molecule has 0 spiro atoms. The van der Waals surface area contributed by atoms with Gasteiger partial charge in [-0.1, -0.05) is 0 Å². The lowest BCUT2D eigenvalue weighted by Gasteiger charge is -2.18. The van der Waals surface area contributed by atoms with Crippen molar-refractivity contribution in [1.82, 2.24) is 9.55 Å². The Hall–Kier alpha value is -1.32. The van der Waals surface area contributed by atoms with Crippen LogP contribution < -0.4 is 0 Å². The molecule has 0 saturated carbocycles. The van der Waals surface area contributed by atoms with Crippen LogP contribution in [0.25, 0.3) is 0 Å². The van der Waals surface area contributed by atoms with E-state index in [1.807, 2.05) is 25.3 Å². The Bertz CT molecular complexity index is 366. The molecule has 2 rings (SSSR count). The number of imidazole rings is 1. The minimum Gasteiger partial charge on any atom is -0.455 e. The summed E-state index contributed by atoms with van der Waals surface area (Å²) in [4.78, 5) is 15.9. The van der Waals surface area contributed by atoms with Crippen molar-refractivity contribution >= 4 is 5.97 Å². The zero-order valence-corrected chi connectivity index (χ0v) is 9.41. The van der Waals surface area contributed by atoms with Gasteiger partial charge in [-0.3, -0.25) is 0 Å². The van der Waals surface area contributed by atoms with E-state index in [9.17, 15) is 4.79 Å². The van der Waals surface area contributed by atoms with Crippen molar-refractivity contribution in [3.05, 3.63) is 17.7 Å². The molecule has 1 aliphatic heterocycles. The average molecular weight is 208 g/mol. The van der Waals surface area contributed by atoms with Crippen molar-refractivity contribution in [1.29, 1.82) is 0 Å². The maximum Gasteiger partial charge on any atom is 0.359 e. The maximum atomic E-state index is 11.7. The highest BCUT2D eigenvalue weighted by Crippen LogP contribution is 2.17. The first-order chi connectivity index (χ1) is 6.96. The number of nitrogens with zero attached hydrogens (tertiary/aromatic N) is 2. The maximum absolute atomic E-state index is 11.7. The third kappa shape index (κ3) is 2.19. The summed E-state index contributed by atoms with van der Waals surface area (Å²) in [5.74, 6) is 0.667. The van der Waals surface area contributed by atoms with Gasteiger partial charge in [0.15, 0.2) is 5.69 Å². The largest absolute Gasteiger partial charge is 0.455 e. The molecule has 0 aromatic carbocycles. The van der Waals surface area contributed by atoms with Gasteiger partial charge in [0, 0.05) is 19.2 Å². The monoisotopic (exact) mass is 208 g/mol. The van der Waals surface area contributed by atoms with Crippen LogP contribution in [-0.4, -0.2) is 21.1 Å². The van der Waals surface area contributed by atoms with E-state index < -0.39 is 5.60 Å². The van der Waals surface area contributed by atoms with E-state index >= 15 is 0 Å². The summed E-state index contributed by atoms with van der Waals surface area (Å²) in [5.41, 5.74) is -0.0230. The van der Waals surface area contributed by atoms with Gasteiger partial charge in [0.1, 0.15) is 11.4 Å². The third-order valence-electron chi connectivity index (χ3n) is 2.27. The first-order valence-electron chi connectivity index (χ1n) is 5.25. The van der Waals surface area contributed by atoms with E-state index in [1.54, 1.807) is 6.20 Å². The van der Waals surface area contributed by atoms with Gasteiger partial charge >= 0.3 is 5.97 Å². The van der Waals surface area contributed by atoms with Crippen LogP contribution in [-0.2, 0) is 17.7 Å². The summed E-state index contributed by atoms with van der Waals surface area (Å²) in [6.07, 6.45) is 3.87. The predicted octanol–water partition coefficient (Wildman–Crippen LogP) is 1.78. The topological polar surface area (TPSA) is 44.1 Å². The van der Waals surface area contributed by atoms with Gasteiger partial charge in [0.25, 0.3) is 0 Å². The minimum absolute atomic E-state index is 0.329. The molecule has 0 bridgehead atoms. The minimum atomic E-state index is -0.453. The highest BCUT2D eigenvalue weighted by molar-refractivity contribution is 5.87. The number of aromatic nitrogens is 2. The number of carbonyl (C=O) groups excluding carboxylic acids is 1. The van der Waals surface area contributed by atoms with Crippen molar-refractivity contribution < 1.29 is 9.53 Å². The molecule has 1 aromatic heterocycles. The Morgan fingerprint density at radius 2 is 2.27 bits per heavy atom. The first-order valence-corrected chi connectivity index (χ1v) is 5.25. The fourth-order valence-corrected chi connectivity index (χ4v) is 1.68. The summed E-state index contributed by atoms with van der Waals surface area (Å²) in [6, 6.07) is 0. The van der Waals surface area contributed by atoms with Crippen molar-refractivity contribution in [3.8, 4) is 0 Å². The van der Waals surface area contributed by atoms with Gasteiger partial charge in [-0.15, -0.1) is 0 Å². The van der Waals surface area contributed by atoms with Crippen LogP contribution in [0.2, 0.25) is 0 Å². The molecule has 0 aliphatic carbocycles. The lowest BCUT2D eigenvalue weighted by atomic mass is 10.2. The summed E-state index contributed by atoms with van der Waals surface area (Å²) in [6.45, 7) is 6.53. The molecule has 0 radical (unpaired) electrons. The fraction of sp³-hybridized carbons (Fsp3) is 0.636. The van der Waals surface area contributed by atoms with Crippen LogP contribution in [0.15, 0.2) is 6.20 Å². The van der Waals surface area contributed by atoms with E-state index in [1.165, 1.54) is 0 Å². The van der Waals surface area contributed by atoms with Crippen molar-refractivity contribution in [2.45, 2.75) is 45.8 Å².